The lowest BCUT2D eigenvalue weighted by Gasteiger charge is -2.34. The summed E-state index contributed by atoms with van der Waals surface area (Å²) in [6.07, 6.45) is -4.64. The van der Waals surface area contributed by atoms with E-state index in [1.54, 1.807) is 43.3 Å². The lowest BCUT2D eigenvalue weighted by molar-refractivity contribution is -0.250. The molecule has 2 atom stereocenters. The SMILES string of the molecule is Cc1ccc(/C=C(\CC[C@H](O)c2ccc(C)cc2)[C@@](O)(c2ccc(C)cc2)C(F)(F)F)cc1. The number of aliphatic hydroxyl groups excluding tert-OH is 1. The molecular weight excluding hydrogens is 425 g/mol. The second-order valence-corrected chi connectivity index (χ2v) is 8.62. The Kier molecular flexibility index (Phi) is 7.45. The fourth-order valence-corrected chi connectivity index (χ4v) is 3.79. The van der Waals surface area contributed by atoms with Gasteiger partial charge < -0.3 is 10.2 Å². The monoisotopic (exact) mass is 454 g/mol. The summed E-state index contributed by atoms with van der Waals surface area (Å²) >= 11 is 0. The van der Waals surface area contributed by atoms with Gasteiger partial charge in [-0.05, 0) is 55.9 Å². The van der Waals surface area contributed by atoms with E-state index in [9.17, 15) is 23.4 Å². The van der Waals surface area contributed by atoms with Gasteiger partial charge in [0, 0.05) is 0 Å². The fraction of sp³-hybridized carbons (Fsp3) is 0.286. The molecule has 0 spiro atoms. The molecule has 5 heteroatoms. The number of benzene rings is 3. The Balaban J connectivity index is 2.04. The van der Waals surface area contributed by atoms with Crippen molar-refractivity contribution in [3.8, 4) is 0 Å². The molecule has 0 aromatic heterocycles. The number of hydrogen-bond acceptors (Lipinski definition) is 2. The number of alkyl halides is 3. The van der Waals surface area contributed by atoms with Crippen molar-refractivity contribution in [2.75, 3.05) is 0 Å². The van der Waals surface area contributed by atoms with Gasteiger partial charge in [-0.2, -0.15) is 13.2 Å². The highest BCUT2D eigenvalue weighted by atomic mass is 19.4. The van der Waals surface area contributed by atoms with E-state index in [0.29, 0.717) is 11.1 Å². The Morgan fingerprint density at radius 3 is 1.73 bits per heavy atom. The first-order valence-electron chi connectivity index (χ1n) is 10.9. The molecule has 0 saturated heterocycles. The molecule has 0 amide bonds. The zero-order chi connectivity index (χ0) is 24.2. The second kappa shape index (κ2) is 9.94. The molecular formula is C28H29F3O2. The smallest absolute Gasteiger partial charge is 0.388 e. The van der Waals surface area contributed by atoms with E-state index < -0.39 is 17.9 Å². The average Bonchev–Trinajstić information content (AvgIpc) is 2.77. The van der Waals surface area contributed by atoms with Crippen LogP contribution in [0.2, 0.25) is 0 Å². The minimum atomic E-state index is -4.95. The molecule has 0 fully saturated rings. The van der Waals surface area contributed by atoms with Crippen molar-refractivity contribution in [3.63, 3.8) is 0 Å². The molecule has 2 nitrogen and oxygen atoms in total. The van der Waals surface area contributed by atoms with Crippen molar-refractivity contribution in [2.45, 2.75) is 51.5 Å². The Morgan fingerprint density at radius 1 is 0.788 bits per heavy atom. The summed E-state index contributed by atoms with van der Waals surface area (Å²) in [6, 6.07) is 20.0. The Bertz CT molecular complexity index is 1080. The summed E-state index contributed by atoms with van der Waals surface area (Å²) in [5.74, 6) is 0. The number of halogens is 3. The average molecular weight is 455 g/mol. The van der Waals surface area contributed by atoms with Crippen LogP contribution in [0, 0.1) is 20.8 Å². The molecule has 2 N–H and O–H groups in total. The third kappa shape index (κ3) is 5.73. The first kappa shape index (κ1) is 24.7. The molecule has 0 aliphatic heterocycles. The van der Waals surface area contributed by atoms with Crippen molar-refractivity contribution in [1.82, 2.24) is 0 Å². The Hall–Kier alpha value is -2.89. The van der Waals surface area contributed by atoms with Crippen LogP contribution in [0.3, 0.4) is 0 Å². The van der Waals surface area contributed by atoms with Crippen LogP contribution in [0.5, 0.6) is 0 Å². The minimum absolute atomic E-state index is 0.0327. The topological polar surface area (TPSA) is 40.5 Å². The maximum atomic E-state index is 14.4. The Morgan fingerprint density at radius 2 is 1.24 bits per heavy atom. The third-order valence-electron chi connectivity index (χ3n) is 5.91. The van der Waals surface area contributed by atoms with Crippen LogP contribution in [-0.2, 0) is 5.60 Å². The Labute approximate surface area is 193 Å². The molecule has 0 aliphatic rings. The highest BCUT2D eigenvalue weighted by molar-refractivity contribution is 5.57. The number of aryl methyl sites for hydroxylation is 3. The molecule has 0 radical (unpaired) electrons. The molecule has 0 bridgehead atoms. The molecule has 0 heterocycles. The summed E-state index contributed by atoms with van der Waals surface area (Å²) in [6.45, 7) is 5.59. The molecule has 0 unspecified atom stereocenters. The van der Waals surface area contributed by atoms with Crippen LogP contribution in [-0.4, -0.2) is 16.4 Å². The number of hydrogen-bond donors (Lipinski definition) is 2. The third-order valence-corrected chi connectivity index (χ3v) is 5.91. The van der Waals surface area contributed by atoms with Gasteiger partial charge in [-0.1, -0.05) is 95.6 Å². The van der Waals surface area contributed by atoms with Crippen LogP contribution in [0.1, 0.15) is 52.3 Å². The van der Waals surface area contributed by atoms with E-state index in [-0.39, 0.29) is 24.0 Å². The van der Waals surface area contributed by atoms with Gasteiger partial charge in [0.25, 0.3) is 0 Å². The molecule has 0 saturated carbocycles. The minimum Gasteiger partial charge on any atom is -0.388 e. The first-order chi connectivity index (χ1) is 15.5. The van der Waals surface area contributed by atoms with Crippen LogP contribution < -0.4 is 0 Å². The van der Waals surface area contributed by atoms with Gasteiger partial charge in [-0.3, -0.25) is 0 Å². The van der Waals surface area contributed by atoms with Crippen molar-refractivity contribution >= 4 is 6.08 Å². The van der Waals surface area contributed by atoms with Gasteiger partial charge in [-0.15, -0.1) is 0 Å². The fourth-order valence-electron chi connectivity index (χ4n) is 3.79. The van der Waals surface area contributed by atoms with E-state index in [4.69, 9.17) is 0 Å². The van der Waals surface area contributed by atoms with Gasteiger partial charge in [0.2, 0.25) is 5.60 Å². The molecule has 3 rings (SSSR count). The van der Waals surface area contributed by atoms with Gasteiger partial charge in [0.1, 0.15) is 0 Å². The first-order valence-corrected chi connectivity index (χ1v) is 10.9. The van der Waals surface area contributed by atoms with E-state index in [1.807, 2.05) is 38.1 Å². The number of rotatable bonds is 7. The maximum absolute atomic E-state index is 14.4. The summed E-state index contributed by atoms with van der Waals surface area (Å²) in [5.41, 5.74) is 0.333. The number of aliphatic hydroxyl groups is 2. The van der Waals surface area contributed by atoms with Gasteiger partial charge in [0.05, 0.1) is 6.10 Å². The summed E-state index contributed by atoms with van der Waals surface area (Å²) in [5, 5.41) is 21.9. The predicted molar refractivity (Wildman–Crippen MR) is 126 cm³/mol. The van der Waals surface area contributed by atoms with E-state index >= 15 is 0 Å². The van der Waals surface area contributed by atoms with Crippen LogP contribution in [0.4, 0.5) is 13.2 Å². The van der Waals surface area contributed by atoms with E-state index in [2.05, 4.69) is 0 Å². The summed E-state index contributed by atoms with van der Waals surface area (Å²) in [4.78, 5) is 0. The van der Waals surface area contributed by atoms with Crippen molar-refractivity contribution in [2.24, 2.45) is 0 Å². The highest BCUT2D eigenvalue weighted by Gasteiger charge is 2.57. The van der Waals surface area contributed by atoms with Gasteiger partial charge in [-0.25, -0.2) is 0 Å². The lowest BCUT2D eigenvalue weighted by atomic mass is 9.81. The molecule has 3 aromatic carbocycles. The summed E-state index contributed by atoms with van der Waals surface area (Å²) < 4.78 is 43.3. The molecule has 0 aliphatic carbocycles. The van der Waals surface area contributed by atoms with Gasteiger partial charge in [0.15, 0.2) is 0 Å². The maximum Gasteiger partial charge on any atom is 0.425 e. The predicted octanol–water partition coefficient (Wildman–Crippen LogP) is 6.96. The highest BCUT2D eigenvalue weighted by Crippen LogP contribution is 2.47. The molecule has 3 aromatic rings. The quantitative estimate of drug-likeness (QED) is 0.405. The lowest BCUT2D eigenvalue weighted by Crippen LogP contribution is -2.44. The van der Waals surface area contributed by atoms with Crippen LogP contribution in [0.15, 0.2) is 78.4 Å². The van der Waals surface area contributed by atoms with Crippen molar-refractivity contribution in [3.05, 3.63) is 112 Å². The summed E-state index contributed by atoms with van der Waals surface area (Å²) in [7, 11) is 0. The van der Waals surface area contributed by atoms with Crippen LogP contribution in [0.25, 0.3) is 6.08 Å². The largest absolute Gasteiger partial charge is 0.425 e. The van der Waals surface area contributed by atoms with E-state index in [1.165, 1.54) is 18.2 Å². The zero-order valence-corrected chi connectivity index (χ0v) is 19.0. The molecule has 33 heavy (non-hydrogen) atoms. The van der Waals surface area contributed by atoms with Crippen molar-refractivity contribution in [1.29, 1.82) is 0 Å². The zero-order valence-electron chi connectivity index (χ0n) is 19.0. The van der Waals surface area contributed by atoms with Crippen molar-refractivity contribution < 1.29 is 23.4 Å². The normalized spacial score (nSPS) is 15.2. The standard InChI is InChI=1S/C28H29F3O2/c1-19-4-10-22(11-5-19)18-25(16-17-26(32)23-12-6-20(2)7-13-23)27(33,28(29,30)31)24-14-8-21(3)9-15-24/h4-15,18,26,32-33H,16-17H2,1-3H3/b25-18+/t26-,27-/m0/s1. The van der Waals surface area contributed by atoms with E-state index in [0.717, 1.165) is 16.7 Å². The second-order valence-electron chi connectivity index (χ2n) is 8.62. The van der Waals surface area contributed by atoms with Gasteiger partial charge >= 0.3 is 6.18 Å². The van der Waals surface area contributed by atoms with Crippen LogP contribution >= 0.6 is 0 Å². The molecule has 174 valence electrons.